The van der Waals surface area contributed by atoms with Crippen LogP contribution in [0.25, 0.3) is 10.9 Å². The normalized spacial score (nSPS) is 17.9. The number of hydrogen-bond donors (Lipinski definition) is 1. The summed E-state index contributed by atoms with van der Waals surface area (Å²) in [5.41, 5.74) is 5.72. The third-order valence-corrected chi connectivity index (χ3v) is 4.54. The van der Waals surface area contributed by atoms with Crippen molar-refractivity contribution in [1.29, 1.82) is 0 Å². The molecule has 0 fully saturated rings. The third-order valence-electron chi connectivity index (χ3n) is 4.54. The quantitative estimate of drug-likeness (QED) is 0.751. The second-order valence-corrected chi connectivity index (χ2v) is 5.88. The number of benzene rings is 2. The topological polar surface area (TPSA) is 17.0 Å². The van der Waals surface area contributed by atoms with Crippen LogP contribution >= 0.6 is 0 Å². The van der Waals surface area contributed by atoms with Gasteiger partial charge in [0, 0.05) is 29.2 Å². The molecule has 0 aliphatic carbocycles. The fraction of sp³-hybridized carbons (Fsp3) is 0.263. The molecule has 1 aliphatic heterocycles. The van der Waals surface area contributed by atoms with Crippen LogP contribution < -0.4 is 5.32 Å². The Hall–Kier alpha value is -2.06. The molecule has 2 heteroatoms. The van der Waals surface area contributed by atoms with Gasteiger partial charge in [-0.05, 0) is 37.1 Å². The lowest BCUT2D eigenvalue weighted by Gasteiger charge is -2.24. The van der Waals surface area contributed by atoms with E-state index in [0.29, 0.717) is 6.04 Å². The van der Waals surface area contributed by atoms with E-state index in [1.165, 1.54) is 27.7 Å². The molecule has 3 aromatic rings. The molecule has 21 heavy (non-hydrogen) atoms. The Morgan fingerprint density at radius 1 is 1.05 bits per heavy atom. The Labute approximate surface area is 125 Å². The lowest BCUT2D eigenvalue weighted by atomic mass is 10.0. The summed E-state index contributed by atoms with van der Waals surface area (Å²) < 4.78 is 2.50. The molecule has 1 atom stereocenters. The van der Waals surface area contributed by atoms with Crippen molar-refractivity contribution in [2.24, 2.45) is 0 Å². The van der Waals surface area contributed by atoms with Crippen molar-refractivity contribution in [3.8, 4) is 0 Å². The highest BCUT2D eigenvalue weighted by Crippen LogP contribution is 2.33. The van der Waals surface area contributed by atoms with Gasteiger partial charge in [-0.25, -0.2) is 0 Å². The van der Waals surface area contributed by atoms with E-state index in [1.807, 2.05) is 0 Å². The van der Waals surface area contributed by atoms with Crippen molar-refractivity contribution >= 4 is 10.9 Å². The molecule has 0 radical (unpaired) electrons. The summed E-state index contributed by atoms with van der Waals surface area (Å²) in [5, 5.41) is 5.03. The van der Waals surface area contributed by atoms with Crippen LogP contribution in [0, 0.1) is 0 Å². The lowest BCUT2D eigenvalue weighted by molar-refractivity contribution is 0.509. The zero-order valence-corrected chi connectivity index (χ0v) is 12.3. The van der Waals surface area contributed by atoms with E-state index in [-0.39, 0.29) is 0 Å². The van der Waals surface area contributed by atoms with Crippen LogP contribution in [0.4, 0.5) is 0 Å². The average molecular weight is 276 g/mol. The van der Waals surface area contributed by atoms with Crippen LogP contribution in [0.5, 0.6) is 0 Å². The van der Waals surface area contributed by atoms with Gasteiger partial charge < -0.3 is 9.88 Å². The largest absolute Gasteiger partial charge is 0.338 e. The van der Waals surface area contributed by atoms with Crippen LogP contribution in [-0.2, 0) is 13.0 Å². The smallest absolute Gasteiger partial charge is 0.0489 e. The SMILES string of the molecule is C[C@@H]1NCCc2c1n(Cc1ccccc1)c1ccccc21. The van der Waals surface area contributed by atoms with Crippen molar-refractivity contribution in [2.45, 2.75) is 25.9 Å². The van der Waals surface area contributed by atoms with Gasteiger partial charge in [-0.2, -0.15) is 0 Å². The minimum Gasteiger partial charge on any atom is -0.338 e. The number of hydrogen-bond acceptors (Lipinski definition) is 1. The standard InChI is InChI=1S/C19H20N2/c1-14-19-17(11-12-20-14)16-9-5-6-10-18(16)21(19)13-15-7-3-2-4-8-15/h2-10,14,20H,11-13H2,1H3/t14-/m0/s1. The summed E-state index contributed by atoms with van der Waals surface area (Å²) in [5.74, 6) is 0. The Morgan fingerprint density at radius 3 is 2.67 bits per heavy atom. The van der Waals surface area contributed by atoms with Crippen molar-refractivity contribution < 1.29 is 0 Å². The maximum absolute atomic E-state index is 3.60. The van der Waals surface area contributed by atoms with Gasteiger partial charge in [-0.1, -0.05) is 48.5 Å². The van der Waals surface area contributed by atoms with Crippen LogP contribution in [0.3, 0.4) is 0 Å². The van der Waals surface area contributed by atoms with Gasteiger partial charge in [0.1, 0.15) is 0 Å². The molecule has 1 aliphatic rings. The van der Waals surface area contributed by atoms with E-state index in [1.54, 1.807) is 0 Å². The number of nitrogens with one attached hydrogen (secondary N) is 1. The first-order chi connectivity index (χ1) is 10.3. The fourth-order valence-electron chi connectivity index (χ4n) is 3.60. The molecule has 0 saturated carbocycles. The van der Waals surface area contributed by atoms with Crippen molar-refractivity contribution in [2.75, 3.05) is 6.54 Å². The molecule has 4 rings (SSSR count). The molecule has 2 aromatic carbocycles. The number of para-hydroxylation sites is 1. The summed E-state index contributed by atoms with van der Waals surface area (Å²) in [4.78, 5) is 0. The van der Waals surface area contributed by atoms with Gasteiger partial charge in [-0.3, -0.25) is 0 Å². The van der Waals surface area contributed by atoms with E-state index in [0.717, 1.165) is 19.5 Å². The van der Waals surface area contributed by atoms with E-state index in [9.17, 15) is 0 Å². The molecule has 1 aromatic heterocycles. The first-order valence-corrected chi connectivity index (χ1v) is 7.72. The summed E-state index contributed by atoms with van der Waals surface area (Å²) in [6, 6.07) is 20.0. The molecular formula is C19H20N2. The fourth-order valence-corrected chi connectivity index (χ4v) is 3.60. The predicted molar refractivity (Wildman–Crippen MR) is 87.6 cm³/mol. The molecule has 1 N–H and O–H groups in total. The first-order valence-electron chi connectivity index (χ1n) is 7.72. The highest BCUT2D eigenvalue weighted by atomic mass is 15.1. The van der Waals surface area contributed by atoms with Gasteiger partial charge in [0.2, 0.25) is 0 Å². The Morgan fingerprint density at radius 2 is 1.81 bits per heavy atom. The molecule has 0 saturated heterocycles. The van der Waals surface area contributed by atoms with Crippen molar-refractivity contribution in [3.05, 3.63) is 71.4 Å². The van der Waals surface area contributed by atoms with Crippen molar-refractivity contribution in [1.82, 2.24) is 9.88 Å². The number of nitrogens with zero attached hydrogens (tertiary/aromatic N) is 1. The summed E-state index contributed by atoms with van der Waals surface area (Å²) in [7, 11) is 0. The van der Waals surface area contributed by atoms with E-state index in [4.69, 9.17) is 0 Å². The van der Waals surface area contributed by atoms with Crippen LogP contribution in [0.2, 0.25) is 0 Å². The van der Waals surface area contributed by atoms with E-state index >= 15 is 0 Å². The van der Waals surface area contributed by atoms with E-state index in [2.05, 4.69) is 71.4 Å². The molecule has 2 nitrogen and oxygen atoms in total. The van der Waals surface area contributed by atoms with Gasteiger partial charge in [0.05, 0.1) is 0 Å². The molecule has 0 unspecified atom stereocenters. The Bertz CT molecular complexity index is 771. The zero-order valence-electron chi connectivity index (χ0n) is 12.3. The minimum absolute atomic E-state index is 0.421. The third kappa shape index (κ3) is 2.07. The number of aromatic nitrogens is 1. The molecule has 106 valence electrons. The summed E-state index contributed by atoms with van der Waals surface area (Å²) in [6.45, 7) is 4.30. The monoisotopic (exact) mass is 276 g/mol. The molecule has 2 heterocycles. The van der Waals surface area contributed by atoms with Gasteiger partial charge >= 0.3 is 0 Å². The maximum atomic E-state index is 3.60. The number of rotatable bonds is 2. The second kappa shape index (κ2) is 5.05. The summed E-state index contributed by atoms with van der Waals surface area (Å²) >= 11 is 0. The molecule has 0 bridgehead atoms. The van der Waals surface area contributed by atoms with Crippen LogP contribution in [0.1, 0.15) is 29.8 Å². The van der Waals surface area contributed by atoms with Gasteiger partial charge in [0.15, 0.2) is 0 Å². The minimum atomic E-state index is 0.421. The number of fused-ring (bicyclic) bond motifs is 3. The molecule has 0 amide bonds. The highest BCUT2D eigenvalue weighted by Gasteiger charge is 2.24. The zero-order chi connectivity index (χ0) is 14.2. The summed E-state index contributed by atoms with van der Waals surface area (Å²) in [6.07, 6.45) is 1.13. The predicted octanol–water partition coefficient (Wildman–Crippen LogP) is 3.90. The van der Waals surface area contributed by atoms with Crippen molar-refractivity contribution in [3.63, 3.8) is 0 Å². The lowest BCUT2D eigenvalue weighted by Crippen LogP contribution is -2.29. The highest BCUT2D eigenvalue weighted by molar-refractivity contribution is 5.86. The Kier molecular flexibility index (Phi) is 3.04. The van der Waals surface area contributed by atoms with Crippen LogP contribution in [-0.4, -0.2) is 11.1 Å². The van der Waals surface area contributed by atoms with Gasteiger partial charge in [-0.15, -0.1) is 0 Å². The van der Waals surface area contributed by atoms with Crippen LogP contribution in [0.15, 0.2) is 54.6 Å². The molecule has 0 spiro atoms. The first kappa shape index (κ1) is 12.7. The average Bonchev–Trinajstić information content (AvgIpc) is 2.84. The Balaban J connectivity index is 1.93. The maximum Gasteiger partial charge on any atom is 0.0489 e. The van der Waals surface area contributed by atoms with E-state index < -0.39 is 0 Å². The second-order valence-electron chi connectivity index (χ2n) is 5.88. The van der Waals surface area contributed by atoms with Gasteiger partial charge in [0.25, 0.3) is 0 Å². The molecular weight excluding hydrogens is 256 g/mol.